The third kappa shape index (κ3) is 2.06. The molecule has 4 heteroatoms. The van der Waals surface area contributed by atoms with Crippen LogP contribution in [0.25, 0.3) is 0 Å². The van der Waals surface area contributed by atoms with E-state index in [0.717, 1.165) is 34.4 Å². The van der Waals surface area contributed by atoms with Gasteiger partial charge in [-0.1, -0.05) is 28.1 Å². The van der Waals surface area contributed by atoms with Gasteiger partial charge >= 0.3 is 0 Å². The van der Waals surface area contributed by atoms with Gasteiger partial charge in [-0.15, -0.1) is 23.5 Å². The Kier molecular flexibility index (Phi) is 3.25. The van der Waals surface area contributed by atoms with E-state index in [1.54, 1.807) is 0 Å². The van der Waals surface area contributed by atoms with Crippen molar-refractivity contribution in [2.75, 3.05) is 11.5 Å². The van der Waals surface area contributed by atoms with E-state index in [4.69, 9.17) is 0 Å². The van der Waals surface area contributed by atoms with Crippen LogP contribution < -0.4 is 0 Å². The average Bonchev–Trinajstić information content (AvgIpc) is 3.11. The molecule has 3 rings (SSSR count). The first kappa shape index (κ1) is 12.4. The molecule has 0 spiro atoms. The fourth-order valence-corrected chi connectivity index (χ4v) is 6.29. The minimum absolute atomic E-state index is 0.341. The van der Waals surface area contributed by atoms with E-state index in [0.29, 0.717) is 0 Å². The van der Waals surface area contributed by atoms with Gasteiger partial charge in [0.1, 0.15) is 9.75 Å². The fraction of sp³-hybridized carbons (Fsp3) is 0.538. The highest BCUT2D eigenvalue weighted by Gasteiger charge is 2.62. The minimum Gasteiger partial charge on any atom is -0.241 e. The highest BCUT2D eigenvalue weighted by Crippen LogP contribution is 2.67. The van der Waals surface area contributed by atoms with Gasteiger partial charge < -0.3 is 0 Å². The van der Waals surface area contributed by atoms with Gasteiger partial charge in [-0.05, 0) is 48.5 Å². The van der Waals surface area contributed by atoms with Gasteiger partial charge in [0, 0.05) is 4.47 Å². The van der Waals surface area contributed by atoms with E-state index in [1.807, 2.05) is 35.7 Å². The number of halogens is 2. The molecule has 2 aliphatic rings. The highest BCUT2D eigenvalue weighted by atomic mass is 79.9. The summed E-state index contributed by atoms with van der Waals surface area (Å²) < 4.78 is 15.5. The first-order valence-corrected chi connectivity index (χ1v) is 8.66. The molecule has 0 N–H and O–H groups in total. The molecular weight excluding hydrogens is 319 g/mol. The highest BCUT2D eigenvalue weighted by molar-refractivity contribution is 9.10. The number of benzene rings is 1. The van der Waals surface area contributed by atoms with Crippen LogP contribution in [0.15, 0.2) is 28.7 Å². The van der Waals surface area contributed by atoms with E-state index in [2.05, 4.69) is 28.1 Å². The number of hydrogen-bond donors (Lipinski definition) is 0. The van der Waals surface area contributed by atoms with Crippen LogP contribution in [0, 0.1) is 0 Å². The Balaban J connectivity index is 2.01. The minimum atomic E-state index is -0.976. The first-order valence-electron chi connectivity index (χ1n) is 5.89. The van der Waals surface area contributed by atoms with Crippen LogP contribution in [0.1, 0.15) is 24.8 Å². The molecule has 1 saturated carbocycles. The molecule has 1 saturated heterocycles. The van der Waals surface area contributed by atoms with Gasteiger partial charge in [-0.3, -0.25) is 0 Å². The molecule has 1 aliphatic carbocycles. The molecule has 0 bridgehead atoms. The standard InChI is InChI=1S/C13H14BrFS2/c14-11-4-2-10(3-5-11)13(12(15)6-7-12)16-8-1-9-17-13/h2-5H,1,6-9H2. The maximum Gasteiger partial charge on any atom is 0.139 e. The van der Waals surface area contributed by atoms with E-state index >= 15 is 0 Å². The van der Waals surface area contributed by atoms with E-state index in [1.165, 1.54) is 6.42 Å². The molecule has 0 amide bonds. The molecule has 0 radical (unpaired) electrons. The molecule has 0 nitrogen and oxygen atoms in total. The summed E-state index contributed by atoms with van der Waals surface area (Å²) in [6.07, 6.45) is 2.65. The summed E-state index contributed by atoms with van der Waals surface area (Å²) in [7, 11) is 0. The molecule has 1 aliphatic heterocycles. The number of hydrogen-bond acceptors (Lipinski definition) is 2. The lowest BCUT2D eigenvalue weighted by Crippen LogP contribution is -2.35. The Morgan fingerprint density at radius 1 is 1.06 bits per heavy atom. The molecule has 1 aromatic rings. The molecule has 0 unspecified atom stereocenters. The maximum absolute atomic E-state index is 14.8. The SMILES string of the molecule is FC1(C2(c3ccc(Br)cc3)SCCCS2)CC1. The normalized spacial score (nSPS) is 25.5. The van der Waals surface area contributed by atoms with Gasteiger partial charge in [0.15, 0.2) is 0 Å². The van der Waals surface area contributed by atoms with Crippen molar-refractivity contribution < 1.29 is 4.39 Å². The van der Waals surface area contributed by atoms with Gasteiger partial charge in [-0.2, -0.15) is 0 Å². The fourth-order valence-electron chi connectivity index (χ4n) is 2.32. The number of thioether (sulfide) groups is 2. The lowest BCUT2D eigenvalue weighted by Gasteiger charge is -2.39. The zero-order chi connectivity index (χ0) is 11.9. The predicted octanol–water partition coefficient (Wildman–Crippen LogP) is 4.97. The smallest absolute Gasteiger partial charge is 0.139 e. The van der Waals surface area contributed by atoms with Crippen LogP contribution in [-0.4, -0.2) is 17.2 Å². The quantitative estimate of drug-likeness (QED) is 0.749. The second kappa shape index (κ2) is 4.46. The molecule has 2 fully saturated rings. The van der Waals surface area contributed by atoms with Crippen molar-refractivity contribution in [3.8, 4) is 0 Å². The van der Waals surface area contributed by atoms with Crippen LogP contribution in [-0.2, 0) is 4.08 Å². The van der Waals surface area contributed by atoms with Crippen molar-refractivity contribution in [1.29, 1.82) is 0 Å². The van der Waals surface area contributed by atoms with Gasteiger partial charge in [0.2, 0.25) is 0 Å². The van der Waals surface area contributed by atoms with Gasteiger partial charge in [-0.25, -0.2) is 4.39 Å². The Morgan fingerprint density at radius 2 is 1.65 bits per heavy atom. The molecule has 1 heterocycles. The lowest BCUT2D eigenvalue weighted by molar-refractivity contribution is 0.285. The summed E-state index contributed by atoms with van der Waals surface area (Å²) in [5.41, 5.74) is 0.173. The predicted molar refractivity (Wildman–Crippen MR) is 78.4 cm³/mol. The van der Waals surface area contributed by atoms with E-state index in [9.17, 15) is 4.39 Å². The van der Waals surface area contributed by atoms with Crippen molar-refractivity contribution in [3.05, 3.63) is 34.3 Å². The van der Waals surface area contributed by atoms with Crippen LogP contribution in [0.3, 0.4) is 0 Å². The molecular formula is C13H14BrFS2. The Hall–Kier alpha value is 0.330. The molecule has 17 heavy (non-hydrogen) atoms. The third-order valence-corrected chi connectivity index (χ3v) is 7.64. The molecule has 0 atom stereocenters. The second-order valence-corrected chi connectivity index (χ2v) is 8.43. The summed E-state index contributed by atoms with van der Waals surface area (Å²) >= 11 is 7.07. The van der Waals surface area contributed by atoms with Gasteiger partial charge in [0.05, 0.1) is 0 Å². The van der Waals surface area contributed by atoms with Crippen LogP contribution in [0.5, 0.6) is 0 Å². The lowest BCUT2D eigenvalue weighted by atomic mass is 10.1. The average molecular weight is 333 g/mol. The Bertz CT molecular complexity index is 408. The molecule has 92 valence electrons. The van der Waals surface area contributed by atoms with Gasteiger partial charge in [0.25, 0.3) is 0 Å². The van der Waals surface area contributed by atoms with Crippen molar-refractivity contribution in [2.24, 2.45) is 0 Å². The zero-order valence-corrected chi connectivity index (χ0v) is 12.6. The van der Waals surface area contributed by atoms with Crippen molar-refractivity contribution in [2.45, 2.75) is 29.0 Å². The monoisotopic (exact) mass is 332 g/mol. The van der Waals surface area contributed by atoms with E-state index < -0.39 is 5.67 Å². The first-order chi connectivity index (χ1) is 8.16. The van der Waals surface area contributed by atoms with Crippen LogP contribution >= 0.6 is 39.5 Å². The second-order valence-electron chi connectivity index (χ2n) is 4.64. The molecule has 0 aromatic heterocycles. The summed E-state index contributed by atoms with van der Waals surface area (Å²) in [6, 6.07) is 8.21. The number of rotatable bonds is 2. The van der Waals surface area contributed by atoms with Crippen molar-refractivity contribution >= 4 is 39.5 Å². The maximum atomic E-state index is 14.8. The summed E-state index contributed by atoms with van der Waals surface area (Å²) in [5.74, 6) is 2.16. The Labute approximate surface area is 118 Å². The number of alkyl halides is 1. The van der Waals surface area contributed by atoms with Crippen molar-refractivity contribution in [3.63, 3.8) is 0 Å². The van der Waals surface area contributed by atoms with Crippen LogP contribution in [0.4, 0.5) is 4.39 Å². The zero-order valence-electron chi connectivity index (χ0n) is 9.42. The van der Waals surface area contributed by atoms with Crippen LogP contribution in [0.2, 0.25) is 0 Å². The summed E-state index contributed by atoms with van der Waals surface area (Å²) in [5, 5.41) is 0. The van der Waals surface area contributed by atoms with Crippen molar-refractivity contribution in [1.82, 2.24) is 0 Å². The third-order valence-electron chi connectivity index (χ3n) is 3.40. The van der Waals surface area contributed by atoms with E-state index in [-0.39, 0.29) is 4.08 Å². The summed E-state index contributed by atoms with van der Waals surface area (Å²) in [6.45, 7) is 0. The summed E-state index contributed by atoms with van der Waals surface area (Å²) in [4.78, 5) is 0. The molecule has 1 aromatic carbocycles. The largest absolute Gasteiger partial charge is 0.241 e. The topological polar surface area (TPSA) is 0 Å². The Morgan fingerprint density at radius 3 is 2.18 bits per heavy atom.